The molecular weight excluding hydrogens is 743 g/mol. The van der Waals surface area contributed by atoms with E-state index in [1.165, 1.54) is 30.9 Å². The summed E-state index contributed by atoms with van der Waals surface area (Å²) < 4.78 is 29.3. The highest BCUT2D eigenvalue weighted by Gasteiger charge is 2.17. The van der Waals surface area contributed by atoms with E-state index in [9.17, 15) is 32.4 Å². The van der Waals surface area contributed by atoms with E-state index in [0.717, 1.165) is 45.8 Å². The number of rotatable bonds is 16. The third-order valence-electron chi connectivity index (χ3n) is 7.69. The molecule has 2 rings (SSSR count). The van der Waals surface area contributed by atoms with E-state index in [0.29, 0.717) is 36.9 Å². The Morgan fingerprint density at radius 1 is 0.719 bits per heavy atom. The molecule has 0 bridgehead atoms. The summed E-state index contributed by atoms with van der Waals surface area (Å²) in [7, 11) is -3.31. The van der Waals surface area contributed by atoms with Gasteiger partial charge in [-0.05, 0) is 67.4 Å². The lowest BCUT2D eigenvalue weighted by molar-refractivity contribution is -0.142. The monoisotopic (exact) mass is 828 g/mol. The van der Waals surface area contributed by atoms with Gasteiger partial charge in [-0.3, -0.25) is 14.5 Å². The van der Waals surface area contributed by atoms with Gasteiger partial charge < -0.3 is 0 Å². The first-order chi connectivity index (χ1) is 24.0. The fourth-order valence-corrected chi connectivity index (χ4v) is 6.01. The molecule has 0 unspecified atom stereocenters. The highest BCUT2D eigenvalue weighted by molar-refractivity contribution is 7.89. The van der Waals surface area contributed by atoms with Crippen molar-refractivity contribution in [3.63, 3.8) is 0 Å². The Hall–Kier alpha value is -3.84. The number of carbonyl (C=O) groups excluding carboxylic acids is 2. The molecule has 0 saturated carbocycles. The summed E-state index contributed by atoms with van der Waals surface area (Å²) in [5, 5.41) is 0. The van der Waals surface area contributed by atoms with E-state index in [-0.39, 0.29) is 72.9 Å². The van der Waals surface area contributed by atoms with E-state index in [4.69, 9.17) is 0 Å². The number of sulfonamides is 1. The number of carbonyl (C=O) groups is 2. The van der Waals surface area contributed by atoms with Gasteiger partial charge in [0.05, 0.1) is 18.0 Å². The maximum absolute atomic E-state index is 12.4. The zero-order valence-electron chi connectivity index (χ0n) is 33.4. The average molecular weight is 828 g/mol. The Labute approximate surface area is 348 Å². The zero-order valence-corrected chi connectivity index (χ0v) is 34.2. The molecule has 57 heavy (non-hydrogen) atoms. The van der Waals surface area contributed by atoms with Crippen molar-refractivity contribution in [3.8, 4) is 0 Å². The quantitative estimate of drug-likeness (QED) is 0.131. The number of allylic oxidation sites excluding steroid dienone is 2. The smallest absolute Gasteiger partial charge is 0.283 e. The van der Waals surface area contributed by atoms with E-state index in [1.54, 1.807) is 30.3 Å². The number of nitrogens with one attached hydrogen (secondary N) is 1. The highest BCUT2D eigenvalue weighted by Crippen LogP contribution is 2.21. The van der Waals surface area contributed by atoms with Crippen LogP contribution in [0.1, 0.15) is 145 Å². The molecule has 0 fully saturated rings. The lowest BCUT2D eigenvalue weighted by Gasteiger charge is -2.21. The summed E-state index contributed by atoms with van der Waals surface area (Å²) in [6.45, 7) is 28.5. The lowest BCUT2D eigenvalue weighted by atomic mass is 9.90. The van der Waals surface area contributed by atoms with Crippen molar-refractivity contribution in [2.75, 3.05) is 13.1 Å². The van der Waals surface area contributed by atoms with Crippen molar-refractivity contribution in [2.24, 2.45) is 16.7 Å². The molecule has 1 N–H and O–H groups in total. The predicted molar refractivity (Wildman–Crippen MR) is 244 cm³/mol. The van der Waals surface area contributed by atoms with Crippen molar-refractivity contribution in [2.45, 2.75) is 169 Å². The minimum atomic E-state index is -3.31. The van der Waals surface area contributed by atoms with E-state index in [1.807, 2.05) is 0 Å². The van der Waals surface area contributed by atoms with Gasteiger partial charge in [0, 0.05) is 33.5 Å². The van der Waals surface area contributed by atoms with Crippen molar-refractivity contribution >= 4 is 21.8 Å². The van der Waals surface area contributed by atoms with Gasteiger partial charge in [-0.2, -0.15) is 0 Å². The molecule has 12 nitrogen and oxygen atoms in total. The summed E-state index contributed by atoms with van der Waals surface area (Å²) in [6, 6.07) is 8.46. The Balaban J connectivity index is -0.000000168. The molecule has 1 aromatic carbocycles. The summed E-state index contributed by atoms with van der Waals surface area (Å²) >= 11 is 0. The number of imide groups is 1. The van der Waals surface area contributed by atoms with Crippen molar-refractivity contribution < 1.29 is 18.0 Å². The first-order valence-electron chi connectivity index (χ1n) is 18.0. The molecule has 0 spiro atoms. The molecule has 0 radical (unpaired) electrons. The molecule has 0 aliphatic carbocycles. The van der Waals surface area contributed by atoms with Crippen molar-refractivity contribution in [3.05, 3.63) is 87.1 Å². The highest BCUT2D eigenvalue weighted by atomic mass is 32.2. The van der Waals surface area contributed by atoms with E-state index >= 15 is 0 Å². The van der Waals surface area contributed by atoms with Gasteiger partial charge >= 0.3 is 17.1 Å². The third-order valence-corrected chi connectivity index (χ3v) is 9.17. The number of aromatic nitrogens is 3. The van der Waals surface area contributed by atoms with Gasteiger partial charge in [-0.1, -0.05) is 123 Å². The second-order valence-corrected chi connectivity index (χ2v) is 17.3. The van der Waals surface area contributed by atoms with Gasteiger partial charge in [0.25, 0.3) is 0 Å². The summed E-state index contributed by atoms with van der Waals surface area (Å²) in [4.78, 5) is 60.6. The lowest BCUT2D eigenvalue weighted by Crippen LogP contribution is -2.54. The van der Waals surface area contributed by atoms with Crippen LogP contribution >= 0.6 is 0 Å². The summed E-state index contributed by atoms with van der Waals surface area (Å²) in [5.74, 6) is 0.291. The summed E-state index contributed by atoms with van der Waals surface area (Å²) in [6.07, 6.45) is 8.31. The van der Waals surface area contributed by atoms with Crippen LogP contribution in [0.15, 0.2) is 74.9 Å². The standard InChI is InChI=1S/C16H25N3O3.C12H19NO2S.C11H21NO2.5CH4/c1-6-10-17-13(20)18(11-7-2)15(22)19(14(17)21)12-8-9-16(3,4)5;1-11(2)7-6-10-13-16(14,15)12-8-4-3-5-9-12;1-9(13)12(10(2)14)8-6-7-11(3,4)5;;;;;/h6-7H,1-2,8-12H2,3-5H3;3-5,8-9,11,13H,6-7,10H2,1-2H3;6-8H2,1-5H3;5*1H4. The van der Waals surface area contributed by atoms with Gasteiger partial charge in [-0.15, -0.1) is 13.2 Å². The normalized spacial score (nSPS) is 10.5. The molecule has 2 amide bonds. The molecular formula is C44H85N5O7S. The van der Waals surface area contributed by atoms with Crippen molar-refractivity contribution in [1.29, 1.82) is 0 Å². The van der Waals surface area contributed by atoms with Crippen molar-refractivity contribution in [1.82, 2.24) is 23.3 Å². The fraction of sp³-hybridized carbons (Fsp3) is 0.659. The molecule has 13 heteroatoms. The Morgan fingerprint density at radius 2 is 1.12 bits per heavy atom. The number of benzene rings is 1. The van der Waals surface area contributed by atoms with Crippen LogP contribution < -0.4 is 21.8 Å². The van der Waals surface area contributed by atoms with Crippen LogP contribution in [0, 0.1) is 16.7 Å². The second kappa shape index (κ2) is 31.2. The molecule has 0 aliphatic rings. The molecule has 1 aromatic heterocycles. The van der Waals surface area contributed by atoms with Gasteiger partial charge in [0.15, 0.2) is 0 Å². The molecule has 0 aliphatic heterocycles. The Bertz CT molecular complexity index is 1650. The van der Waals surface area contributed by atoms with Gasteiger partial charge in [0.1, 0.15) is 0 Å². The third kappa shape index (κ3) is 26.7. The molecule has 2 aromatic rings. The number of amides is 2. The minimum absolute atomic E-state index is 0. The number of nitrogens with zero attached hydrogens (tertiary/aromatic N) is 4. The predicted octanol–water partition coefficient (Wildman–Crippen LogP) is 9.16. The van der Waals surface area contributed by atoms with Crippen LogP contribution in [-0.2, 0) is 39.2 Å². The molecule has 0 saturated heterocycles. The number of hydrogen-bond acceptors (Lipinski definition) is 7. The van der Waals surface area contributed by atoms with Gasteiger partial charge in [0.2, 0.25) is 21.8 Å². The summed E-state index contributed by atoms with van der Waals surface area (Å²) in [5.41, 5.74) is -1.39. The van der Waals surface area contributed by atoms with Crippen LogP contribution in [0.2, 0.25) is 0 Å². The average Bonchev–Trinajstić information content (AvgIpc) is 3.03. The number of hydrogen-bond donors (Lipinski definition) is 1. The maximum Gasteiger partial charge on any atom is 0.336 e. The van der Waals surface area contributed by atoms with Crippen LogP contribution in [0.5, 0.6) is 0 Å². The molecule has 0 atom stereocenters. The SMILES string of the molecule is C.C.C.C.C.C=CCn1c(=O)n(CC=C)c(=O)n(CCCC(C)(C)C)c1=O.CC(=O)N(CCCC(C)(C)C)C(C)=O.CC(C)CCCNS(=O)(=O)c1ccccc1. The van der Waals surface area contributed by atoms with Crippen LogP contribution in [-0.4, -0.2) is 51.9 Å². The van der Waals surface area contributed by atoms with Crippen LogP contribution in [0.25, 0.3) is 0 Å². The largest absolute Gasteiger partial charge is 0.336 e. The first kappa shape index (κ1) is 65.0. The first-order valence-corrected chi connectivity index (χ1v) is 19.5. The topological polar surface area (TPSA) is 150 Å². The van der Waals surface area contributed by atoms with E-state index < -0.39 is 27.1 Å². The van der Waals surface area contributed by atoms with Crippen LogP contribution in [0.4, 0.5) is 0 Å². The Kier molecular flexibility index (Phi) is 35.6. The second-order valence-electron chi connectivity index (χ2n) is 15.6. The Morgan fingerprint density at radius 3 is 1.49 bits per heavy atom. The molecule has 334 valence electrons. The van der Waals surface area contributed by atoms with Crippen LogP contribution in [0.3, 0.4) is 0 Å². The fourth-order valence-electron chi connectivity index (χ4n) is 4.92. The zero-order chi connectivity index (χ0) is 40.3. The maximum atomic E-state index is 12.4. The van der Waals surface area contributed by atoms with Gasteiger partial charge in [-0.25, -0.2) is 41.2 Å². The molecule has 1 heterocycles. The minimum Gasteiger partial charge on any atom is -0.283 e. The van der Waals surface area contributed by atoms with E-state index in [2.05, 4.69) is 73.3 Å².